The van der Waals surface area contributed by atoms with Crippen molar-refractivity contribution in [1.82, 2.24) is 0 Å². The number of phenols is 1. The molecule has 0 aromatic heterocycles. The number of hydrogen-bond donors (Lipinski definition) is 4. The molecule has 3 aromatic rings. The average molecular weight is 347 g/mol. The summed E-state index contributed by atoms with van der Waals surface area (Å²) in [4.78, 5) is 24.9. The molecule has 3 aromatic carbocycles. The largest absolute Gasteiger partial charge is 0.507 e. The molecular weight excluding hydrogens is 330 g/mol. The predicted molar refractivity (Wildman–Crippen MR) is 101 cm³/mol. The number of rotatable bonds is 4. The number of nitrogen functional groups attached to an aromatic ring is 2. The summed E-state index contributed by atoms with van der Waals surface area (Å²) in [6, 6.07) is 17.3. The van der Waals surface area contributed by atoms with Crippen LogP contribution in [0.5, 0.6) is 5.75 Å². The number of carbonyl (C=O) groups is 2. The van der Waals surface area contributed by atoms with Crippen molar-refractivity contribution >= 4 is 28.8 Å². The Hall–Kier alpha value is -3.80. The van der Waals surface area contributed by atoms with Gasteiger partial charge in [0.15, 0.2) is 5.78 Å². The molecule has 0 heterocycles. The number of carbonyl (C=O) groups excluding carboxylic acids is 2. The van der Waals surface area contributed by atoms with E-state index in [2.05, 4.69) is 5.32 Å². The van der Waals surface area contributed by atoms with Crippen molar-refractivity contribution in [3.05, 3.63) is 83.4 Å². The predicted octanol–water partition coefficient (Wildman–Crippen LogP) is 3.04. The molecule has 6 heteroatoms. The van der Waals surface area contributed by atoms with Crippen molar-refractivity contribution in [3.63, 3.8) is 0 Å². The van der Waals surface area contributed by atoms with Gasteiger partial charge in [-0.3, -0.25) is 9.59 Å². The number of nitrogens with two attached hydrogens (primary N) is 2. The summed E-state index contributed by atoms with van der Waals surface area (Å²) in [5.74, 6) is -0.945. The van der Waals surface area contributed by atoms with E-state index in [0.29, 0.717) is 28.2 Å². The van der Waals surface area contributed by atoms with Crippen molar-refractivity contribution < 1.29 is 14.7 Å². The average Bonchev–Trinajstić information content (AvgIpc) is 2.62. The summed E-state index contributed by atoms with van der Waals surface area (Å²) in [6.45, 7) is 0. The van der Waals surface area contributed by atoms with Crippen LogP contribution in [-0.2, 0) is 0 Å². The van der Waals surface area contributed by atoms with Gasteiger partial charge in [-0.25, -0.2) is 0 Å². The Bertz CT molecular complexity index is 999. The Morgan fingerprint density at radius 3 is 2.08 bits per heavy atom. The number of benzene rings is 3. The Morgan fingerprint density at radius 2 is 1.42 bits per heavy atom. The van der Waals surface area contributed by atoms with E-state index in [-0.39, 0.29) is 17.2 Å². The minimum atomic E-state index is -0.394. The van der Waals surface area contributed by atoms with Crippen molar-refractivity contribution in [2.45, 2.75) is 0 Å². The molecule has 0 saturated carbocycles. The maximum absolute atomic E-state index is 12.6. The van der Waals surface area contributed by atoms with Crippen LogP contribution < -0.4 is 16.8 Å². The number of anilines is 3. The monoisotopic (exact) mass is 347 g/mol. The SMILES string of the molecule is Nc1cccc(C(=O)Nc2ccc(O)c(C(=O)c3cccc(N)c3)c2)c1. The molecule has 0 saturated heterocycles. The number of hydrogen-bond acceptors (Lipinski definition) is 5. The fourth-order valence-electron chi connectivity index (χ4n) is 2.51. The van der Waals surface area contributed by atoms with Crippen molar-refractivity contribution in [3.8, 4) is 5.75 Å². The van der Waals surface area contributed by atoms with Gasteiger partial charge in [0.1, 0.15) is 5.75 Å². The molecule has 0 unspecified atom stereocenters. The van der Waals surface area contributed by atoms with Gasteiger partial charge >= 0.3 is 0 Å². The first-order chi connectivity index (χ1) is 12.4. The summed E-state index contributed by atoms with van der Waals surface area (Å²) in [7, 11) is 0. The zero-order valence-corrected chi connectivity index (χ0v) is 13.8. The van der Waals surface area contributed by atoms with E-state index in [0.717, 1.165) is 0 Å². The molecule has 0 aliphatic carbocycles. The Balaban J connectivity index is 1.88. The summed E-state index contributed by atoms with van der Waals surface area (Å²) >= 11 is 0. The third kappa shape index (κ3) is 3.64. The number of ketones is 1. The van der Waals surface area contributed by atoms with Crippen LogP contribution in [0.25, 0.3) is 0 Å². The van der Waals surface area contributed by atoms with E-state index in [1.807, 2.05) is 0 Å². The maximum atomic E-state index is 12.6. The first-order valence-electron chi connectivity index (χ1n) is 7.84. The second kappa shape index (κ2) is 6.98. The lowest BCUT2D eigenvalue weighted by Crippen LogP contribution is -2.13. The Kier molecular flexibility index (Phi) is 4.57. The fraction of sp³-hybridized carbons (Fsp3) is 0. The van der Waals surface area contributed by atoms with E-state index in [1.54, 1.807) is 42.5 Å². The first kappa shape index (κ1) is 17.0. The second-order valence-electron chi connectivity index (χ2n) is 5.77. The van der Waals surface area contributed by atoms with Crippen LogP contribution in [0, 0.1) is 0 Å². The summed E-state index contributed by atoms with van der Waals surface area (Å²) in [5.41, 5.74) is 13.5. The van der Waals surface area contributed by atoms with Gasteiger partial charge in [-0.1, -0.05) is 18.2 Å². The summed E-state index contributed by atoms with van der Waals surface area (Å²) in [6.07, 6.45) is 0. The highest BCUT2D eigenvalue weighted by molar-refractivity contribution is 6.12. The van der Waals surface area contributed by atoms with Crippen LogP contribution in [0.1, 0.15) is 26.3 Å². The molecule has 6 nitrogen and oxygen atoms in total. The quantitative estimate of drug-likeness (QED) is 0.329. The van der Waals surface area contributed by atoms with Gasteiger partial charge in [-0.05, 0) is 48.5 Å². The zero-order valence-electron chi connectivity index (χ0n) is 13.8. The molecule has 3 rings (SSSR count). The molecule has 0 aliphatic heterocycles. The van der Waals surface area contributed by atoms with Crippen LogP contribution in [0.3, 0.4) is 0 Å². The number of amides is 1. The van der Waals surface area contributed by atoms with Crippen LogP contribution in [-0.4, -0.2) is 16.8 Å². The minimum Gasteiger partial charge on any atom is -0.507 e. The van der Waals surface area contributed by atoms with E-state index in [1.165, 1.54) is 24.3 Å². The van der Waals surface area contributed by atoms with E-state index in [4.69, 9.17) is 11.5 Å². The first-order valence-corrected chi connectivity index (χ1v) is 7.84. The standard InChI is InChI=1S/C20H17N3O3/c21-14-5-1-3-12(9-14)19(25)17-11-16(7-8-18(17)24)23-20(26)13-4-2-6-15(22)10-13/h1-11,24H,21-22H2,(H,23,26). The van der Waals surface area contributed by atoms with Gasteiger partial charge in [0.25, 0.3) is 5.91 Å². The lowest BCUT2D eigenvalue weighted by molar-refractivity contribution is 0.102. The van der Waals surface area contributed by atoms with E-state index < -0.39 is 5.78 Å². The topological polar surface area (TPSA) is 118 Å². The highest BCUT2D eigenvalue weighted by Crippen LogP contribution is 2.25. The van der Waals surface area contributed by atoms with E-state index >= 15 is 0 Å². The van der Waals surface area contributed by atoms with Crippen LogP contribution in [0.4, 0.5) is 17.1 Å². The van der Waals surface area contributed by atoms with Crippen LogP contribution >= 0.6 is 0 Å². The van der Waals surface area contributed by atoms with Gasteiger partial charge in [0.05, 0.1) is 5.56 Å². The van der Waals surface area contributed by atoms with Gasteiger partial charge in [0.2, 0.25) is 0 Å². The van der Waals surface area contributed by atoms with Gasteiger partial charge in [-0.15, -0.1) is 0 Å². The third-order valence-electron chi connectivity index (χ3n) is 3.80. The Labute approximate surface area is 150 Å². The molecule has 0 aliphatic rings. The van der Waals surface area contributed by atoms with E-state index in [9.17, 15) is 14.7 Å². The molecule has 1 amide bonds. The minimum absolute atomic E-state index is 0.0703. The number of nitrogens with one attached hydrogen (secondary N) is 1. The molecular formula is C20H17N3O3. The number of aromatic hydroxyl groups is 1. The lowest BCUT2D eigenvalue weighted by Gasteiger charge is -2.10. The maximum Gasteiger partial charge on any atom is 0.255 e. The molecule has 6 N–H and O–H groups in total. The van der Waals surface area contributed by atoms with Gasteiger partial charge in [0, 0.05) is 28.2 Å². The normalized spacial score (nSPS) is 10.3. The van der Waals surface area contributed by atoms with Crippen LogP contribution in [0.2, 0.25) is 0 Å². The smallest absolute Gasteiger partial charge is 0.255 e. The Morgan fingerprint density at radius 1 is 0.808 bits per heavy atom. The molecule has 130 valence electrons. The fourth-order valence-corrected chi connectivity index (χ4v) is 2.51. The van der Waals surface area contributed by atoms with Crippen molar-refractivity contribution in [1.29, 1.82) is 0 Å². The second-order valence-corrected chi connectivity index (χ2v) is 5.77. The molecule has 0 bridgehead atoms. The highest BCUT2D eigenvalue weighted by atomic mass is 16.3. The molecule has 0 spiro atoms. The molecule has 0 radical (unpaired) electrons. The van der Waals surface area contributed by atoms with Gasteiger partial charge in [-0.2, -0.15) is 0 Å². The summed E-state index contributed by atoms with van der Waals surface area (Å²) < 4.78 is 0. The van der Waals surface area contributed by atoms with Crippen molar-refractivity contribution in [2.75, 3.05) is 16.8 Å². The highest BCUT2D eigenvalue weighted by Gasteiger charge is 2.16. The van der Waals surface area contributed by atoms with Crippen LogP contribution in [0.15, 0.2) is 66.7 Å². The zero-order chi connectivity index (χ0) is 18.7. The molecule has 0 atom stereocenters. The molecule has 0 fully saturated rings. The third-order valence-corrected chi connectivity index (χ3v) is 3.80. The molecule has 26 heavy (non-hydrogen) atoms. The van der Waals surface area contributed by atoms with Gasteiger partial charge < -0.3 is 21.9 Å². The summed E-state index contributed by atoms with van der Waals surface area (Å²) in [5, 5.41) is 12.7. The van der Waals surface area contributed by atoms with Crippen molar-refractivity contribution in [2.24, 2.45) is 0 Å². The lowest BCUT2D eigenvalue weighted by atomic mass is 10.0. The number of phenolic OH excluding ortho intramolecular Hbond substituents is 1.